The zero-order chi connectivity index (χ0) is 20.1. The van der Waals surface area contributed by atoms with Gasteiger partial charge in [-0.25, -0.2) is 19.7 Å². The average Bonchev–Trinajstić information content (AvgIpc) is 3.45. The van der Waals surface area contributed by atoms with Gasteiger partial charge in [-0.3, -0.25) is 9.47 Å². The first kappa shape index (κ1) is 19.6. The molecule has 1 aliphatic heterocycles. The van der Waals surface area contributed by atoms with Crippen LogP contribution in [-0.4, -0.2) is 69.3 Å². The fourth-order valence-corrected chi connectivity index (χ4v) is 4.08. The minimum Gasteiger partial charge on any atom is -0.450 e. The van der Waals surface area contributed by atoms with Gasteiger partial charge in [0.2, 0.25) is 5.95 Å². The highest BCUT2D eigenvalue weighted by atomic mass is 32.1. The van der Waals surface area contributed by atoms with Crippen LogP contribution in [0.15, 0.2) is 29.2 Å². The number of fused-ring (bicyclic) bond motifs is 1. The van der Waals surface area contributed by atoms with Crippen LogP contribution in [0.5, 0.6) is 0 Å². The fourth-order valence-electron chi connectivity index (χ4n) is 3.53. The van der Waals surface area contributed by atoms with Crippen LogP contribution in [0, 0.1) is 0 Å². The smallest absolute Gasteiger partial charge is 0.407 e. The molecule has 0 spiro atoms. The van der Waals surface area contributed by atoms with Gasteiger partial charge in [-0.1, -0.05) is 0 Å². The first-order chi connectivity index (χ1) is 14.2. The maximum Gasteiger partial charge on any atom is 0.407 e. The SMILES string of the molecule is CCOC(=O)NCCN1CCC(Nc2nc3cccnc3n2Cc2cscn2)C1. The van der Waals surface area contributed by atoms with Crippen molar-refractivity contribution in [2.24, 2.45) is 0 Å². The Morgan fingerprint density at radius 3 is 3.17 bits per heavy atom. The number of rotatable bonds is 8. The number of nitrogens with one attached hydrogen (secondary N) is 2. The van der Waals surface area contributed by atoms with Crippen LogP contribution in [0.4, 0.5) is 10.7 Å². The number of carbonyl (C=O) groups excluding carboxylic acids is 1. The largest absolute Gasteiger partial charge is 0.450 e. The molecule has 1 fully saturated rings. The maximum atomic E-state index is 11.4. The molecule has 0 aliphatic carbocycles. The Kier molecular flexibility index (Phi) is 6.20. The fraction of sp³-hybridized carbons (Fsp3) is 0.474. The second-order valence-electron chi connectivity index (χ2n) is 6.93. The van der Waals surface area contributed by atoms with Gasteiger partial charge in [-0.05, 0) is 25.5 Å². The normalized spacial score (nSPS) is 16.9. The summed E-state index contributed by atoms with van der Waals surface area (Å²) in [6.45, 7) is 6.08. The first-order valence-electron chi connectivity index (χ1n) is 9.80. The number of aromatic nitrogens is 4. The molecule has 1 aliphatic rings. The van der Waals surface area contributed by atoms with E-state index in [2.05, 4.69) is 30.1 Å². The van der Waals surface area contributed by atoms with Gasteiger partial charge in [0.05, 0.1) is 24.4 Å². The Morgan fingerprint density at radius 2 is 2.34 bits per heavy atom. The molecule has 3 aromatic heterocycles. The van der Waals surface area contributed by atoms with Gasteiger partial charge in [-0.15, -0.1) is 11.3 Å². The lowest BCUT2D eigenvalue weighted by atomic mass is 10.3. The summed E-state index contributed by atoms with van der Waals surface area (Å²) in [7, 11) is 0. The molecule has 154 valence electrons. The summed E-state index contributed by atoms with van der Waals surface area (Å²) in [5, 5.41) is 8.42. The highest BCUT2D eigenvalue weighted by molar-refractivity contribution is 7.07. The molecule has 10 heteroatoms. The van der Waals surface area contributed by atoms with E-state index in [0.717, 1.165) is 48.9 Å². The summed E-state index contributed by atoms with van der Waals surface area (Å²) >= 11 is 1.59. The molecule has 0 saturated carbocycles. The topological polar surface area (TPSA) is 97.2 Å². The third-order valence-corrected chi connectivity index (χ3v) is 5.52. The molecule has 3 aromatic rings. The van der Waals surface area contributed by atoms with Crippen molar-refractivity contribution in [1.29, 1.82) is 0 Å². The Morgan fingerprint density at radius 1 is 1.41 bits per heavy atom. The summed E-state index contributed by atoms with van der Waals surface area (Å²) < 4.78 is 6.98. The summed E-state index contributed by atoms with van der Waals surface area (Å²) in [6, 6.07) is 4.18. The number of anilines is 1. The first-order valence-corrected chi connectivity index (χ1v) is 10.7. The molecule has 1 amide bonds. The Labute approximate surface area is 173 Å². The van der Waals surface area contributed by atoms with E-state index < -0.39 is 0 Å². The number of alkyl carbamates (subject to hydrolysis) is 1. The molecule has 1 atom stereocenters. The molecule has 4 rings (SSSR count). The van der Waals surface area contributed by atoms with Crippen molar-refractivity contribution in [2.75, 3.05) is 38.1 Å². The number of nitrogens with zero attached hydrogens (tertiary/aromatic N) is 5. The predicted molar refractivity (Wildman–Crippen MR) is 112 cm³/mol. The number of likely N-dealkylation sites (tertiary alicyclic amines) is 1. The maximum absolute atomic E-state index is 11.4. The van der Waals surface area contributed by atoms with Crippen LogP contribution >= 0.6 is 11.3 Å². The van der Waals surface area contributed by atoms with Crippen molar-refractivity contribution in [3.63, 3.8) is 0 Å². The van der Waals surface area contributed by atoms with Gasteiger partial charge < -0.3 is 15.4 Å². The molecule has 2 N–H and O–H groups in total. The third-order valence-electron chi connectivity index (χ3n) is 4.89. The molecule has 9 nitrogen and oxygen atoms in total. The van der Waals surface area contributed by atoms with Crippen molar-refractivity contribution >= 4 is 34.5 Å². The quantitative estimate of drug-likeness (QED) is 0.582. The number of ether oxygens (including phenoxy) is 1. The van der Waals surface area contributed by atoms with Crippen molar-refractivity contribution in [3.05, 3.63) is 34.9 Å². The van der Waals surface area contributed by atoms with E-state index in [1.54, 1.807) is 24.5 Å². The van der Waals surface area contributed by atoms with E-state index in [4.69, 9.17) is 9.72 Å². The van der Waals surface area contributed by atoms with Crippen molar-refractivity contribution in [1.82, 2.24) is 29.7 Å². The zero-order valence-corrected chi connectivity index (χ0v) is 17.2. The summed E-state index contributed by atoms with van der Waals surface area (Å²) in [6.07, 6.45) is 2.45. The minimum absolute atomic E-state index is 0.295. The lowest BCUT2D eigenvalue weighted by Gasteiger charge is -2.17. The zero-order valence-electron chi connectivity index (χ0n) is 16.4. The Bertz CT molecular complexity index is 943. The van der Waals surface area contributed by atoms with E-state index in [1.807, 2.05) is 23.0 Å². The summed E-state index contributed by atoms with van der Waals surface area (Å²) in [4.78, 5) is 27.4. The average molecular weight is 416 g/mol. The second kappa shape index (κ2) is 9.19. The van der Waals surface area contributed by atoms with E-state index >= 15 is 0 Å². The molecule has 0 aromatic carbocycles. The number of amides is 1. The van der Waals surface area contributed by atoms with Crippen LogP contribution in [0.1, 0.15) is 19.0 Å². The van der Waals surface area contributed by atoms with Crippen molar-refractivity contribution in [3.8, 4) is 0 Å². The van der Waals surface area contributed by atoms with Crippen LogP contribution in [0.2, 0.25) is 0 Å². The summed E-state index contributed by atoms with van der Waals surface area (Å²) in [5.74, 6) is 0.822. The minimum atomic E-state index is -0.357. The number of pyridine rings is 1. The number of imidazole rings is 1. The second-order valence-corrected chi connectivity index (χ2v) is 7.64. The molecule has 1 unspecified atom stereocenters. The van der Waals surface area contributed by atoms with Gasteiger partial charge in [0.25, 0.3) is 0 Å². The van der Waals surface area contributed by atoms with Crippen LogP contribution in [-0.2, 0) is 11.3 Å². The van der Waals surface area contributed by atoms with Gasteiger partial charge in [0, 0.05) is 43.8 Å². The molecule has 4 heterocycles. The van der Waals surface area contributed by atoms with Gasteiger partial charge in [0.15, 0.2) is 5.65 Å². The lowest BCUT2D eigenvalue weighted by Crippen LogP contribution is -2.35. The summed E-state index contributed by atoms with van der Waals surface area (Å²) in [5.41, 5.74) is 4.57. The highest BCUT2D eigenvalue weighted by Gasteiger charge is 2.24. The number of thiazole rings is 1. The third kappa shape index (κ3) is 4.83. The molecule has 1 saturated heterocycles. The van der Waals surface area contributed by atoms with Gasteiger partial charge in [-0.2, -0.15) is 0 Å². The Balaban J connectivity index is 1.39. The Hall–Kier alpha value is -2.72. The molecular weight excluding hydrogens is 390 g/mol. The standard InChI is InChI=1S/C19H25N7O2S/c1-2-28-19(27)21-7-9-25-8-5-14(10-25)23-18-24-16-4-3-6-20-17(16)26(18)11-15-12-29-13-22-15/h3-4,6,12-14H,2,5,7-11H2,1H3,(H,21,27)(H,23,24). The van der Waals surface area contributed by atoms with Crippen molar-refractivity contribution in [2.45, 2.75) is 25.9 Å². The van der Waals surface area contributed by atoms with E-state index in [1.165, 1.54) is 0 Å². The number of hydrogen-bond acceptors (Lipinski definition) is 8. The van der Waals surface area contributed by atoms with Crippen molar-refractivity contribution < 1.29 is 9.53 Å². The van der Waals surface area contributed by atoms with Crippen LogP contribution in [0.3, 0.4) is 0 Å². The molecule has 29 heavy (non-hydrogen) atoms. The molecule has 0 radical (unpaired) electrons. The number of carbonyl (C=O) groups is 1. The van der Waals surface area contributed by atoms with Gasteiger partial charge in [0.1, 0.15) is 5.52 Å². The van der Waals surface area contributed by atoms with E-state index in [-0.39, 0.29) is 6.09 Å². The molecule has 0 bridgehead atoms. The number of hydrogen-bond donors (Lipinski definition) is 2. The predicted octanol–water partition coefficient (Wildman–Crippen LogP) is 2.17. The highest BCUT2D eigenvalue weighted by Crippen LogP contribution is 2.22. The van der Waals surface area contributed by atoms with E-state index in [0.29, 0.717) is 25.7 Å². The van der Waals surface area contributed by atoms with E-state index in [9.17, 15) is 4.79 Å². The van der Waals surface area contributed by atoms with Crippen LogP contribution < -0.4 is 10.6 Å². The van der Waals surface area contributed by atoms with Crippen LogP contribution in [0.25, 0.3) is 11.2 Å². The monoisotopic (exact) mass is 415 g/mol. The molecular formula is C19H25N7O2S. The lowest BCUT2D eigenvalue weighted by molar-refractivity contribution is 0.151. The van der Waals surface area contributed by atoms with Gasteiger partial charge >= 0.3 is 6.09 Å².